The number of carbonyl (C=O) groups is 1. The third-order valence-electron chi connectivity index (χ3n) is 6.92. The first kappa shape index (κ1) is 27.6. The van der Waals surface area contributed by atoms with E-state index < -0.39 is 6.10 Å². The van der Waals surface area contributed by atoms with Gasteiger partial charge in [0.05, 0.1) is 17.7 Å². The summed E-state index contributed by atoms with van der Waals surface area (Å²) in [5, 5.41) is 30.7. The molecule has 0 radical (unpaired) electrons. The lowest BCUT2D eigenvalue weighted by molar-refractivity contribution is 0.176. The molecule has 8 nitrogen and oxygen atoms in total. The molecule has 0 spiro atoms. The fraction of sp³-hybridized carbons (Fsp3) is 0.152. The Morgan fingerprint density at radius 1 is 0.829 bits per heavy atom. The largest absolute Gasteiger partial charge is 0.506 e. The molecule has 5 aromatic rings. The zero-order valence-electron chi connectivity index (χ0n) is 22.4. The highest BCUT2D eigenvalue weighted by Gasteiger charge is 2.17. The van der Waals surface area contributed by atoms with E-state index >= 15 is 0 Å². The SMILES string of the molecule is O=C(Nc1cccc(CCNC[C@H](O)c2ccc(O)c3[nH]c(=O)ccc23)c1)NC(c1ccccc1)c1ccccc1. The van der Waals surface area contributed by atoms with Crippen molar-refractivity contribution in [2.24, 2.45) is 0 Å². The molecule has 6 N–H and O–H groups in total. The standard InChI is InChI=1S/C33H32N4O4/c38-28-16-14-26(27-15-17-30(40)36-32(27)28)29(39)21-34-19-18-22-8-7-13-25(20-22)35-33(41)37-31(23-9-3-1-4-10-23)24-11-5-2-6-12-24/h1-17,20,29,31,34,38-39H,18-19,21H2,(H,36,40)(H2,35,37,41)/t29-/m0/s1. The fourth-order valence-electron chi connectivity index (χ4n) is 4.88. The van der Waals surface area contributed by atoms with Gasteiger partial charge >= 0.3 is 6.03 Å². The molecule has 5 rings (SSSR count). The number of fused-ring (bicyclic) bond motifs is 1. The quantitative estimate of drug-likeness (QED) is 0.137. The number of pyridine rings is 1. The van der Waals surface area contributed by atoms with Crippen molar-refractivity contribution in [2.75, 3.05) is 18.4 Å². The molecule has 0 bridgehead atoms. The van der Waals surface area contributed by atoms with E-state index in [-0.39, 0.29) is 23.4 Å². The van der Waals surface area contributed by atoms with Crippen LogP contribution in [0, 0.1) is 0 Å². The number of hydrogen-bond donors (Lipinski definition) is 6. The summed E-state index contributed by atoms with van der Waals surface area (Å²) in [4.78, 5) is 27.2. The fourth-order valence-corrected chi connectivity index (χ4v) is 4.88. The van der Waals surface area contributed by atoms with Crippen molar-refractivity contribution in [3.8, 4) is 5.75 Å². The number of phenolic OH excluding ortho intramolecular Hbond substituents is 1. The van der Waals surface area contributed by atoms with E-state index in [9.17, 15) is 19.8 Å². The zero-order chi connectivity index (χ0) is 28.6. The Kier molecular flexibility index (Phi) is 8.73. The first-order valence-corrected chi connectivity index (χ1v) is 13.5. The van der Waals surface area contributed by atoms with Crippen molar-refractivity contribution in [2.45, 2.75) is 18.6 Å². The van der Waals surface area contributed by atoms with Crippen LogP contribution in [0.4, 0.5) is 10.5 Å². The number of nitrogens with one attached hydrogen (secondary N) is 4. The zero-order valence-corrected chi connectivity index (χ0v) is 22.4. The highest BCUT2D eigenvalue weighted by atomic mass is 16.3. The number of rotatable bonds is 10. The molecule has 4 aromatic carbocycles. The summed E-state index contributed by atoms with van der Waals surface area (Å²) in [7, 11) is 0. The lowest BCUT2D eigenvalue weighted by atomic mass is 9.99. The van der Waals surface area contributed by atoms with Crippen molar-refractivity contribution in [3.05, 3.63) is 142 Å². The van der Waals surface area contributed by atoms with E-state index in [2.05, 4.69) is 20.9 Å². The van der Waals surface area contributed by atoms with Gasteiger partial charge in [-0.2, -0.15) is 0 Å². The number of urea groups is 1. The van der Waals surface area contributed by atoms with Gasteiger partial charge in [-0.15, -0.1) is 0 Å². The lowest BCUT2D eigenvalue weighted by Crippen LogP contribution is -2.33. The second-order valence-corrected chi connectivity index (χ2v) is 9.81. The van der Waals surface area contributed by atoms with E-state index in [1.54, 1.807) is 12.1 Å². The van der Waals surface area contributed by atoms with E-state index in [1.807, 2.05) is 84.9 Å². The van der Waals surface area contributed by atoms with Crippen molar-refractivity contribution in [3.63, 3.8) is 0 Å². The number of benzene rings is 4. The number of aliphatic hydroxyl groups is 1. The van der Waals surface area contributed by atoms with Crippen LogP contribution in [0.15, 0.2) is 114 Å². The number of aromatic hydroxyl groups is 1. The minimum Gasteiger partial charge on any atom is -0.506 e. The normalized spacial score (nSPS) is 11.9. The van der Waals surface area contributed by atoms with Gasteiger partial charge in [0, 0.05) is 23.7 Å². The van der Waals surface area contributed by atoms with Crippen LogP contribution in [0.1, 0.15) is 34.4 Å². The Labute approximate surface area is 237 Å². The Hall–Kier alpha value is -4.92. The third kappa shape index (κ3) is 7.00. The highest BCUT2D eigenvalue weighted by Crippen LogP contribution is 2.28. The number of anilines is 1. The Morgan fingerprint density at radius 3 is 2.24 bits per heavy atom. The van der Waals surface area contributed by atoms with Gasteiger partial charge in [0.2, 0.25) is 5.56 Å². The van der Waals surface area contributed by atoms with E-state index in [0.29, 0.717) is 41.7 Å². The molecule has 1 heterocycles. The maximum atomic E-state index is 13.0. The van der Waals surface area contributed by atoms with Crippen molar-refractivity contribution < 1.29 is 15.0 Å². The van der Waals surface area contributed by atoms with Gasteiger partial charge in [-0.05, 0) is 59.5 Å². The van der Waals surface area contributed by atoms with Crippen molar-refractivity contribution >= 4 is 22.6 Å². The minimum atomic E-state index is -0.831. The number of hydrogen-bond acceptors (Lipinski definition) is 5. The number of aromatic nitrogens is 1. The number of aliphatic hydroxyl groups excluding tert-OH is 1. The molecular weight excluding hydrogens is 516 g/mol. The van der Waals surface area contributed by atoms with Crippen LogP contribution in [0.2, 0.25) is 0 Å². The molecule has 8 heteroatoms. The maximum Gasteiger partial charge on any atom is 0.319 e. The summed E-state index contributed by atoms with van der Waals surface area (Å²) >= 11 is 0. The summed E-state index contributed by atoms with van der Waals surface area (Å²) in [5.74, 6) is -0.0422. The van der Waals surface area contributed by atoms with Gasteiger partial charge in [-0.25, -0.2) is 4.79 Å². The van der Waals surface area contributed by atoms with Crippen molar-refractivity contribution in [1.29, 1.82) is 0 Å². The average Bonchev–Trinajstić information content (AvgIpc) is 2.99. The van der Waals surface area contributed by atoms with Crippen LogP contribution >= 0.6 is 0 Å². The Bertz CT molecular complexity index is 1630. The summed E-state index contributed by atoms with van der Waals surface area (Å²) in [6.07, 6.45) is -0.146. The van der Waals surface area contributed by atoms with Crippen LogP contribution in [0.5, 0.6) is 5.75 Å². The summed E-state index contributed by atoms with van der Waals surface area (Å²) in [6, 6.07) is 32.9. The Balaban J connectivity index is 1.16. The van der Waals surface area contributed by atoms with Crippen molar-refractivity contribution in [1.82, 2.24) is 15.6 Å². The second-order valence-electron chi connectivity index (χ2n) is 9.81. The van der Waals surface area contributed by atoms with Gasteiger partial charge in [0.25, 0.3) is 0 Å². The number of amides is 2. The Morgan fingerprint density at radius 2 is 1.54 bits per heavy atom. The van der Waals surface area contributed by atoms with Gasteiger partial charge < -0.3 is 31.1 Å². The molecule has 0 unspecified atom stereocenters. The molecule has 0 aliphatic rings. The average molecular weight is 549 g/mol. The van der Waals surface area contributed by atoms with Gasteiger partial charge in [-0.3, -0.25) is 4.79 Å². The van der Waals surface area contributed by atoms with Gasteiger partial charge in [0.1, 0.15) is 5.75 Å². The molecule has 41 heavy (non-hydrogen) atoms. The predicted molar refractivity (Wildman–Crippen MR) is 161 cm³/mol. The molecule has 0 saturated carbocycles. The topological polar surface area (TPSA) is 126 Å². The number of phenols is 1. The predicted octanol–water partition coefficient (Wildman–Crippen LogP) is 5.01. The van der Waals surface area contributed by atoms with Gasteiger partial charge in [-0.1, -0.05) is 78.9 Å². The molecule has 0 saturated heterocycles. The summed E-state index contributed by atoms with van der Waals surface area (Å²) < 4.78 is 0. The van der Waals surface area contributed by atoms with E-state index in [0.717, 1.165) is 16.7 Å². The van der Waals surface area contributed by atoms with Crippen LogP contribution in [0.3, 0.4) is 0 Å². The smallest absolute Gasteiger partial charge is 0.319 e. The van der Waals surface area contributed by atoms with Crippen LogP contribution in [-0.2, 0) is 6.42 Å². The van der Waals surface area contributed by atoms with E-state index in [1.165, 1.54) is 12.1 Å². The summed E-state index contributed by atoms with van der Waals surface area (Å²) in [6.45, 7) is 0.892. The number of aromatic amines is 1. The first-order chi connectivity index (χ1) is 20.0. The van der Waals surface area contributed by atoms with E-state index in [4.69, 9.17) is 0 Å². The second kappa shape index (κ2) is 13.0. The number of H-pyrrole nitrogens is 1. The lowest BCUT2D eigenvalue weighted by Gasteiger charge is -2.20. The molecule has 1 aromatic heterocycles. The minimum absolute atomic E-state index is 0.0422. The van der Waals surface area contributed by atoms with Gasteiger partial charge in [0.15, 0.2) is 0 Å². The molecule has 208 valence electrons. The molecule has 0 aliphatic heterocycles. The molecular formula is C33H32N4O4. The first-order valence-electron chi connectivity index (χ1n) is 13.5. The molecule has 0 aliphatic carbocycles. The van der Waals surface area contributed by atoms with Crippen LogP contribution < -0.4 is 21.5 Å². The van der Waals surface area contributed by atoms with Crippen LogP contribution in [0.25, 0.3) is 10.9 Å². The molecule has 1 atom stereocenters. The highest BCUT2D eigenvalue weighted by molar-refractivity contribution is 5.90. The monoisotopic (exact) mass is 548 g/mol. The van der Waals surface area contributed by atoms with Crippen LogP contribution in [-0.4, -0.2) is 34.3 Å². The third-order valence-corrected chi connectivity index (χ3v) is 6.92. The molecule has 0 fully saturated rings. The maximum absolute atomic E-state index is 13.0. The summed E-state index contributed by atoms with van der Waals surface area (Å²) in [5.41, 5.74) is 4.29. The molecule has 2 amide bonds. The number of carbonyl (C=O) groups excluding carboxylic acids is 1.